The summed E-state index contributed by atoms with van der Waals surface area (Å²) in [5, 5.41) is 13.1. The molecule has 5 aromatic rings. The molecular formula is C26H18F2N4. The summed E-state index contributed by atoms with van der Waals surface area (Å²) in [4.78, 5) is 4.36. The highest BCUT2D eigenvalue weighted by Gasteiger charge is 2.15. The third-order valence-electron chi connectivity index (χ3n) is 5.27. The van der Waals surface area contributed by atoms with Gasteiger partial charge in [0.1, 0.15) is 22.7 Å². The molecule has 6 heteroatoms. The number of fused-ring (bicyclic) bond motifs is 3. The van der Waals surface area contributed by atoms with E-state index in [2.05, 4.69) is 20.5 Å². The lowest BCUT2D eigenvalue weighted by Crippen LogP contribution is -2.05. The minimum absolute atomic E-state index is 0.244. The first-order valence-corrected chi connectivity index (χ1v) is 10.1. The van der Waals surface area contributed by atoms with E-state index in [0.717, 1.165) is 5.69 Å². The van der Waals surface area contributed by atoms with E-state index in [-0.39, 0.29) is 17.9 Å². The average Bonchev–Trinajstić information content (AvgIpc) is 2.83. The van der Waals surface area contributed by atoms with Gasteiger partial charge in [-0.3, -0.25) is 4.99 Å². The summed E-state index contributed by atoms with van der Waals surface area (Å²) < 4.78 is 29.3. The number of nitrogens with one attached hydrogen (secondary N) is 1. The first-order chi connectivity index (χ1) is 15.7. The lowest BCUT2D eigenvalue weighted by molar-refractivity contribution is 0.615. The summed E-state index contributed by atoms with van der Waals surface area (Å²) >= 11 is 0. The highest BCUT2D eigenvalue weighted by atomic mass is 19.1. The van der Waals surface area contributed by atoms with Gasteiger partial charge in [0.05, 0.1) is 11.3 Å². The van der Waals surface area contributed by atoms with Gasteiger partial charge < -0.3 is 5.32 Å². The van der Waals surface area contributed by atoms with Crippen molar-refractivity contribution in [2.24, 2.45) is 4.99 Å². The van der Waals surface area contributed by atoms with Crippen LogP contribution >= 0.6 is 0 Å². The predicted molar refractivity (Wildman–Crippen MR) is 124 cm³/mol. The van der Waals surface area contributed by atoms with Crippen LogP contribution in [0.25, 0.3) is 21.8 Å². The molecule has 1 heterocycles. The number of anilines is 1. The maximum atomic E-state index is 14.7. The molecule has 0 saturated heterocycles. The number of para-hydroxylation sites is 2. The van der Waals surface area contributed by atoms with E-state index in [0.29, 0.717) is 33.1 Å². The summed E-state index contributed by atoms with van der Waals surface area (Å²) in [7, 11) is 0. The second kappa shape index (κ2) is 8.51. The van der Waals surface area contributed by atoms with Crippen molar-refractivity contribution in [2.45, 2.75) is 6.54 Å². The van der Waals surface area contributed by atoms with E-state index in [1.54, 1.807) is 12.1 Å². The number of hydrogen-bond donors (Lipinski definition) is 1. The Hall–Kier alpha value is -4.19. The molecule has 0 aliphatic rings. The monoisotopic (exact) mass is 424 g/mol. The number of aliphatic imine (C=N–C) groups is 1. The molecule has 0 unspecified atom stereocenters. The van der Waals surface area contributed by atoms with Gasteiger partial charge in [-0.2, -0.15) is 0 Å². The molecule has 0 saturated carbocycles. The summed E-state index contributed by atoms with van der Waals surface area (Å²) in [6.07, 6.45) is 1.45. The second-order valence-electron chi connectivity index (χ2n) is 7.29. The molecule has 32 heavy (non-hydrogen) atoms. The van der Waals surface area contributed by atoms with Crippen molar-refractivity contribution >= 4 is 39.4 Å². The van der Waals surface area contributed by atoms with Crippen molar-refractivity contribution < 1.29 is 8.78 Å². The zero-order valence-corrected chi connectivity index (χ0v) is 17.0. The molecule has 156 valence electrons. The van der Waals surface area contributed by atoms with Crippen LogP contribution in [0, 0.1) is 11.6 Å². The molecule has 4 aromatic carbocycles. The largest absolute Gasteiger partial charge is 0.381 e. The van der Waals surface area contributed by atoms with Gasteiger partial charge in [0.25, 0.3) is 0 Å². The van der Waals surface area contributed by atoms with Crippen LogP contribution in [0.15, 0.2) is 89.9 Å². The van der Waals surface area contributed by atoms with Crippen LogP contribution in [-0.4, -0.2) is 16.4 Å². The Morgan fingerprint density at radius 1 is 0.719 bits per heavy atom. The van der Waals surface area contributed by atoms with E-state index in [1.165, 1.54) is 18.3 Å². The molecule has 4 nitrogen and oxygen atoms in total. The molecule has 0 aliphatic carbocycles. The summed E-state index contributed by atoms with van der Waals surface area (Å²) in [5.74, 6) is -0.818. The molecule has 0 atom stereocenters. The fourth-order valence-corrected chi connectivity index (χ4v) is 3.64. The average molecular weight is 424 g/mol. The van der Waals surface area contributed by atoms with Gasteiger partial charge in [0.15, 0.2) is 0 Å². The van der Waals surface area contributed by atoms with E-state index in [9.17, 15) is 8.78 Å². The Balaban J connectivity index is 1.60. The highest BCUT2D eigenvalue weighted by Crippen LogP contribution is 2.29. The van der Waals surface area contributed by atoms with Gasteiger partial charge in [0, 0.05) is 34.8 Å². The zero-order chi connectivity index (χ0) is 21.9. The van der Waals surface area contributed by atoms with Gasteiger partial charge in [-0.1, -0.05) is 36.4 Å². The Morgan fingerprint density at radius 2 is 1.34 bits per heavy atom. The molecule has 5 rings (SSSR count). The molecule has 0 radical (unpaired) electrons. The van der Waals surface area contributed by atoms with Crippen LogP contribution in [0.3, 0.4) is 0 Å². The van der Waals surface area contributed by atoms with E-state index in [4.69, 9.17) is 0 Å². The van der Waals surface area contributed by atoms with Crippen molar-refractivity contribution in [3.63, 3.8) is 0 Å². The Labute approximate surface area is 183 Å². The molecule has 0 fully saturated rings. The number of halogens is 2. The van der Waals surface area contributed by atoms with Gasteiger partial charge in [-0.05, 0) is 48.5 Å². The van der Waals surface area contributed by atoms with Gasteiger partial charge in [0.2, 0.25) is 0 Å². The fourth-order valence-electron chi connectivity index (χ4n) is 3.64. The topological polar surface area (TPSA) is 50.2 Å². The summed E-state index contributed by atoms with van der Waals surface area (Å²) in [6.45, 7) is 0.247. The smallest absolute Gasteiger partial charge is 0.134 e. The number of hydrogen-bond acceptors (Lipinski definition) is 4. The van der Waals surface area contributed by atoms with Crippen LogP contribution in [0.1, 0.15) is 11.1 Å². The zero-order valence-electron chi connectivity index (χ0n) is 17.0. The lowest BCUT2D eigenvalue weighted by Gasteiger charge is -2.12. The third-order valence-corrected chi connectivity index (χ3v) is 5.27. The van der Waals surface area contributed by atoms with Crippen LogP contribution in [0.5, 0.6) is 0 Å². The Bertz CT molecular complexity index is 1430. The van der Waals surface area contributed by atoms with Crippen molar-refractivity contribution in [1.29, 1.82) is 0 Å². The first-order valence-electron chi connectivity index (χ1n) is 10.1. The van der Waals surface area contributed by atoms with Crippen LogP contribution < -0.4 is 5.32 Å². The number of nitrogens with zero attached hydrogens (tertiary/aromatic N) is 3. The van der Waals surface area contributed by atoms with E-state index in [1.807, 2.05) is 60.7 Å². The van der Waals surface area contributed by atoms with E-state index < -0.39 is 5.82 Å². The maximum absolute atomic E-state index is 14.7. The quantitative estimate of drug-likeness (QED) is 0.261. The minimum Gasteiger partial charge on any atom is -0.381 e. The van der Waals surface area contributed by atoms with Gasteiger partial charge >= 0.3 is 0 Å². The van der Waals surface area contributed by atoms with E-state index >= 15 is 0 Å². The number of aromatic nitrogens is 2. The first kappa shape index (κ1) is 19.8. The molecule has 1 N–H and O–H groups in total. The minimum atomic E-state index is -0.445. The normalized spacial score (nSPS) is 11.4. The highest BCUT2D eigenvalue weighted by molar-refractivity contribution is 6.10. The van der Waals surface area contributed by atoms with Gasteiger partial charge in [-0.25, -0.2) is 8.78 Å². The maximum Gasteiger partial charge on any atom is 0.134 e. The van der Waals surface area contributed by atoms with Crippen molar-refractivity contribution in [1.82, 2.24) is 10.2 Å². The molecule has 0 bridgehead atoms. The molecular weight excluding hydrogens is 406 g/mol. The van der Waals surface area contributed by atoms with Crippen molar-refractivity contribution in [3.8, 4) is 0 Å². The molecule has 0 amide bonds. The van der Waals surface area contributed by atoms with Crippen LogP contribution in [0.4, 0.5) is 20.2 Å². The van der Waals surface area contributed by atoms with Crippen LogP contribution in [-0.2, 0) is 6.54 Å². The second-order valence-corrected chi connectivity index (χ2v) is 7.29. The number of rotatable bonds is 5. The van der Waals surface area contributed by atoms with Gasteiger partial charge in [-0.15, -0.1) is 10.2 Å². The summed E-state index contributed by atoms with van der Waals surface area (Å²) in [6, 6.07) is 24.9. The Kier molecular flexibility index (Phi) is 5.25. The Morgan fingerprint density at radius 3 is 2.09 bits per heavy atom. The van der Waals surface area contributed by atoms with Crippen LogP contribution in [0.2, 0.25) is 0 Å². The fraction of sp³-hybridized carbons (Fsp3) is 0.0385. The predicted octanol–water partition coefficient (Wildman–Crippen LogP) is 6.42. The summed E-state index contributed by atoms with van der Waals surface area (Å²) in [5.41, 5.74) is 3.05. The standard InChI is InChI=1S/C26H18F2N4/c27-23-13-11-19-20-12-14-24(28)22(16-30-18-9-5-2-6-10-18)26(20)32-31-25(19)21(23)15-29-17-7-3-1-4-8-17/h1-15,30H,16H2/b29-15+. The SMILES string of the molecule is Fc1ccc2c(nnc3c(CNc4ccccc4)c(F)ccc32)c1/C=N/c1ccccc1. The lowest BCUT2D eigenvalue weighted by atomic mass is 10.0. The molecule has 0 aliphatic heterocycles. The third kappa shape index (κ3) is 3.78. The van der Waals surface area contributed by atoms with Crippen molar-refractivity contribution in [3.05, 3.63) is 108 Å². The van der Waals surface area contributed by atoms with Crippen molar-refractivity contribution in [2.75, 3.05) is 5.32 Å². The molecule has 1 aromatic heterocycles. The molecule has 0 spiro atoms. The number of benzene rings is 4.